The van der Waals surface area contributed by atoms with Crippen molar-refractivity contribution >= 4 is 29.1 Å². The van der Waals surface area contributed by atoms with Crippen LogP contribution in [0.1, 0.15) is 22.8 Å². The van der Waals surface area contributed by atoms with Crippen molar-refractivity contribution in [3.63, 3.8) is 0 Å². The molecule has 2 fully saturated rings. The molecule has 1 aromatic rings. The first-order valence-corrected chi connectivity index (χ1v) is 8.09. The Balaban J connectivity index is 1.75. The second kappa shape index (κ2) is 5.39. The van der Waals surface area contributed by atoms with Crippen LogP contribution >= 0.6 is 11.3 Å². The Bertz CT molecular complexity index is 641. The van der Waals surface area contributed by atoms with Crippen molar-refractivity contribution in [2.45, 2.75) is 25.3 Å². The van der Waals surface area contributed by atoms with Crippen LogP contribution in [0, 0.1) is 12.8 Å². The Hall–Kier alpha value is -1.89. The minimum Gasteiger partial charge on any atom is -0.480 e. The molecular weight excluding hydrogens is 304 g/mol. The molecule has 22 heavy (non-hydrogen) atoms. The van der Waals surface area contributed by atoms with Crippen LogP contribution < -0.4 is 0 Å². The third-order valence-electron chi connectivity index (χ3n) is 4.47. The first-order chi connectivity index (χ1) is 10.4. The summed E-state index contributed by atoms with van der Waals surface area (Å²) >= 11 is 1.63. The highest BCUT2D eigenvalue weighted by molar-refractivity contribution is 7.10. The first kappa shape index (κ1) is 15.0. The van der Waals surface area contributed by atoms with Crippen LogP contribution in [0.5, 0.6) is 0 Å². The van der Waals surface area contributed by atoms with E-state index >= 15 is 0 Å². The number of aliphatic carboxylic acids is 1. The highest BCUT2D eigenvalue weighted by atomic mass is 32.1. The van der Waals surface area contributed by atoms with Crippen LogP contribution in [0.2, 0.25) is 0 Å². The summed E-state index contributed by atoms with van der Waals surface area (Å²) in [4.78, 5) is 39.7. The van der Waals surface area contributed by atoms with Crippen molar-refractivity contribution in [3.05, 3.63) is 21.9 Å². The molecule has 0 radical (unpaired) electrons. The van der Waals surface area contributed by atoms with Gasteiger partial charge in [-0.15, -0.1) is 11.3 Å². The van der Waals surface area contributed by atoms with Gasteiger partial charge in [0, 0.05) is 23.8 Å². The van der Waals surface area contributed by atoms with Crippen molar-refractivity contribution < 1.29 is 19.5 Å². The van der Waals surface area contributed by atoms with E-state index in [-0.39, 0.29) is 36.7 Å². The Morgan fingerprint density at radius 2 is 2.14 bits per heavy atom. The second-order valence-electron chi connectivity index (χ2n) is 6.01. The van der Waals surface area contributed by atoms with Gasteiger partial charge in [-0.1, -0.05) is 0 Å². The highest BCUT2D eigenvalue weighted by Crippen LogP contribution is 2.51. The van der Waals surface area contributed by atoms with Crippen molar-refractivity contribution in [2.75, 3.05) is 20.1 Å². The van der Waals surface area contributed by atoms with Crippen LogP contribution in [0.3, 0.4) is 0 Å². The molecule has 0 aromatic carbocycles. The number of carboxylic acids is 1. The molecule has 0 spiro atoms. The molecule has 7 heteroatoms. The summed E-state index contributed by atoms with van der Waals surface area (Å²) in [6, 6.07) is 1.08. The first-order valence-electron chi connectivity index (χ1n) is 7.21. The van der Waals surface area contributed by atoms with Crippen LogP contribution in [-0.2, 0) is 14.4 Å². The lowest BCUT2D eigenvalue weighted by atomic mass is 10.1. The fourth-order valence-electron chi connectivity index (χ4n) is 3.01. The summed E-state index contributed by atoms with van der Waals surface area (Å²) in [5, 5.41) is 11.3. The van der Waals surface area contributed by atoms with Gasteiger partial charge in [0.1, 0.15) is 12.6 Å². The van der Waals surface area contributed by atoms with Gasteiger partial charge in [-0.05, 0) is 30.4 Å². The number of hydrogen-bond donors (Lipinski definition) is 1. The predicted octanol–water partition coefficient (Wildman–Crippen LogP) is 0.914. The Kier molecular flexibility index (Phi) is 3.68. The Morgan fingerprint density at radius 3 is 2.73 bits per heavy atom. The van der Waals surface area contributed by atoms with Crippen molar-refractivity contribution in [2.24, 2.45) is 5.92 Å². The molecule has 1 aliphatic carbocycles. The third kappa shape index (κ3) is 2.49. The number of rotatable bonds is 3. The lowest BCUT2D eigenvalue weighted by molar-refractivity contribution is -0.159. The molecule has 6 nitrogen and oxygen atoms in total. The van der Waals surface area contributed by atoms with Crippen LogP contribution in [0.15, 0.2) is 11.4 Å². The number of nitrogens with zero attached hydrogens (tertiary/aromatic N) is 2. The highest BCUT2D eigenvalue weighted by Gasteiger charge is 2.50. The molecule has 2 amide bonds. The average molecular weight is 322 g/mol. The maximum atomic E-state index is 12.6. The summed E-state index contributed by atoms with van der Waals surface area (Å²) in [6.07, 6.45) is 0.743. The summed E-state index contributed by atoms with van der Waals surface area (Å²) in [5.74, 6) is -1.48. The molecule has 2 heterocycles. The smallest absolute Gasteiger partial charge is 0.328 e. The number of carbonyl (C=O) groups is 3. The average Bonchev–Trinajstić information content (AvgIpc) is 3.15. The van der Waals surface area contributed by atoms with Crippen LogP contribution in [0.25, 0.3) is 0 Å². The second-order valence-corrected chi connectivity index (χ2v) is 6.96. The molecule has 1 saturated heterocycles. The zero-order chi connectivity index (χ0) is 16.0. The lowest BCUT2D eigenvalue weighted by Crippen LogP contribution is -2.60. The van der Waals surface area contributed by atoms with Gasteiger partial charge in [0.15, 0.2) is 0 Å². The summed E-state index contributed by atoms with van der Waals surface area (Å²) in [5.41, 5.74) is 1.18. The van der Waals surface area contributed by atoms with Gasteiger partial charge in [-0.2, -0.15) is 0 Å². The standard InChI is InChI=1S/C15H18N2O4S/c1-8-3-4-22-13(8)9-5-10(9)14(19)17-7-12(18)16(2)6-11(17)15(20)21/h3-4,9-11H,5-7H2,1-2H3,(H,20,21). The lowest BCUT2D eigenvalue weighted by Gasteiger charge is -2.37. The van der Waals surface area contributed by atoms with Gasteiger partial charge in [0.05, 0.1) is 6.54 Å². The molecule has 1 saturated carbocycles. The van der Waals surface area contributed by atoms with E-state index in [9.17, 15) is 19.5 Å². The number of thiophene rings is 1. The molecule has 3 atom stereocenters. The number of aryl methyl sites for hydroxylation is 1. The fourth-order valence-corrected chi connectivity index (χ4v) is 4.12. The largest absolute Gasteiger partial charge is 0.480 e. The molecule has 1 aliphatic heterocycles. The van der Waals surface area contributed by atoms with Gasteiger partial charge in [-0.25, -0.2) is 4.79 Å². The number of carboxylic acid groups (broad SMARTS) is 1. The SMILES string of the molecule is Cc1ccsc1C1CC1C(=O)N1CC(=O)N(C)CC1C(=O)O. The van der Waals surface area contributed by atoms with Crippen molar-refractivity contribution in [3.8, 4) is 0 Å². The maximum Gasteiger partial charge on any atom is 0.328 e. The minimum absolute atomic E-state index is 0.0509. The van der Waals surface area contributed by atoms with E-state index in [0.717, 1.165) is 6.42 Å². The Morgan fingerprint density at radius 1 is 1.41 bits per heavy atom. The number of carbonyl (C=O) groups excluding carboxylic acids is 2. The van der Waals surface area contributed by atoms with Gasteiger partial charge < -0.3 is 14.9 Å². The summed E-state index contributed by atoms with van der Waals surface area (Å²) in [6.45, 7) is 1.93. The van der Waals surface area contributed by atoms with Crippen molar-refractivity contribution in [1.29, 1.82) is 0 Å². The molecule has 3 unspecified atom stereocenters. The van der Waals surface area contributed by atoms with Crippen LogP contribution in [0.4, 0.5) is 0 Å². The Labute approximate surface area is 132 Å². The van der Waals surface area contributed by atoms with E-state index in [0.29, 0.717) is 0 Å². The molecule has 1 aromatic heterocycles. The van der Waals surface area contributed by atoms with Gasteiger partial charge in [0.25, 0.3) is 0 Å². The molecular formula is C15H18N2O4S. The van der Waals surface area contributed by atoms with Gasteiger partial charge in [-0.3, -0.25) is 9.59 Å². The number of hydrogen-bond acceptors (Lipinski definition) is 4. The van der Waals surface area contributed by atoms with E-state index in [2.05, 4.69) is 0 Å². The number of likely N-dealkylation sites (N-methyl/N-ethyl adjacent to an activating group) is 1. The zero-order valence-corrected chi connectivity index (χ0v) is 13.3. The van der Waals surface area contributed by atoms with Crippen molar-refractivity contribution in [1.82, 2.24) is 9.80 Å². The van der Waals surface area contributed by atoms with E-state index in [4.69, 9.17) is 0 Å². The van der Waals surface area contributed by atoms with Gasteiger partial charge in [0.2, 0.25) is 11.8 Å². The van der Waals surface area contributed by atoms with E-state index in [1.807, 2.05) is 18.4 Å². The number of piperazine rings is 1. The molecule has 3 rings (SSSR count). The minimum atomic E-state index is -1.06. The molecule has 2 aliphatic rings. The quantitative estimate of drug-likeness (QED) is 0.897. The molecule has 118 valence electrons. The van der Waals surface area contributed by atoms with E-state index < -0.39 is 12.0 Å². The topological polar surface area (TPSA) is 77.9 Å². The monoisotopic (exact) mass is 322 g/mol. The van der Waals surface area contributed by atoms with E-state index in [1.54, 1.807) is 18.4 Å². The van der Waals surface area contributed by atoms with Crippen LogP contribution in [-0.4, -0.2) is 58.9 Å². The fraction of sp³-hybridized carbons (Fsp3) is 0.533. The molecule has 0 bridgehead atoms. The van der Waals surface area contributed by atoms with E-state index in [1.165, 1.54) is 20.2 Å². The zero-order valence-electron chi connectivity index (χ0n) is 12.5. The summed E-state index contributed by atoms with van der Waals surface area (Å²) < 4.78 is 0. The maximum absolute atomic E-state index is 12.6. The summed E-state index contributed by atoms with van der Waals surface area (Å²) in [7, 11) is 1.56. The third-order valence-corrected chi connectivity index (χ3v) is 5.62. The normalized spacial score (nSPS) is 27.9. The van der Waals surface area contributed by atoms with Gasteiger partial charge >= 0.3 is 5.97 Å². The molecule has 1 N–H and O–H groups in total. The number of amides is 2. The predicted molar refractivity (Wildman–Crippen MR) is 80.7 cm³/mol.